The van der Waals surface area contributed by atoms with Gasteiger partial charge in [-0.15, -0.1) is 0 Å². The van der Waals surface area contributed by atoms with Crippen LogP contribution in [0.25, 0.3) is 0 Å². The van der Waals surface area contributed by atoms with E-state index in [1.54, 1.807) is 18.3 Å². The van der Waals surface area contributed by atoms with Gasteiger partial charge in [0.25, 0.3) is 17.7 Å². The predicted octanol–water partition coefficient (Wildman–Crippen LogP) is 3.01. The summed E-state index contributed by atoms with van der Waals surface area (Å²) in [6, 6.07) is 8.64. The summed E-state index contributed by atoms with van der Waals surface area (Å²) in [5.74, 6) is 0.0880. The Bertz CT molecular complexity index is 965. The Morgan fingerprint density at radius 2 is 1.83 bits per heavy atom. The number of anilines is 1. The largest absolute Gasteiger partial charge is 0.357 e. The van der Waals surface area contributed by atoms with Gasteiger partial charge in [-0.3, -0.25) is 19.3 Å². The average molecular weight is 406 g/mol. The van der Waals surface area contributed by atoms with Gasteiger partial charge in [-0.1, -0.05) is 19.4 Å². The summed E-state index contributed by atoms with van der Waals surface area (Å²) in [5.41, 5.74) is 1.95. The Morgan fingerprint density at radius 3 is 2.53 bits per heavy atom. The zero-order valence-corrected chi connectivity index (χ0v) is 17.2. The van der Waals surface area contributed by atoms with Gasteiger partial charge in [-0.2, -0.15) is 0 Å². The molecule has 3 heterocycles. The van der Waals surface area contributed by atoms with Crippen molar-refractivity contribution in [2.24, 2.45) is 0 Å². The van der Waals surface area contributed by atoms with Crippen LogP contribution in [0, 0.1) is 0 Å². The maximum Gasteiger partial charge on any atom is 0.261 e. The molecule has 1 saturated heterocycles. The summed E-state index contributed by atoms with van der Waals surface area (Å²) in [7, 11) is 0. The number of nitrogens with zero attached hydrogens (tertiary/aromatic N) is 3. The van der Waals surface area contributed by atoms with E-state index in [0.717, 1.165) is 37.3 Å². The number of imide groups is 1. The molecule has 30 heavy (non-hydrogen) atoms. The normalized spacial score (nSPS) is 15.6. The van der Waals surface area contributed by atoms with E-state index in [9.17, 15) is 14.4 Å². The molecule has 0 spiro atoms. The molecule has 1 aromatic heterocycles. The van der Waals surface area contributed by atoms with E-state index in [1.807, 2.05) is 19.1 Å². The van der Waals surface area contributed by atoms with Crippen LogP contribution in [-0.4, -0.2) is 47.2 Å². The minimum Gasteiger partial charge on any atom is -0.357 e. The summed E-state index contributed by atoms with van der Waals surface area (Å²) in [5, 5.41) is 2.86. The molecule has 3 amide bonds. The fourth-order valence-electron chi connectivity index (χ4n) is 3.89. The fraction of sp³-hybridized carbons (Fsp3) is 0.391. The number of carbonyl (C=O) groups is 3. The molecule has 0 radical (unpaired) electrons. The van der Waals surface area contributed by atoms with E-state index in [-0.39, 0.29) is 17.7 Å². The van der Waals surface area contributed by atoms with Crippen molar-refractivity contribution in [2.75, 3.05) is 24.5 Å². The molecule has 0 unspecified atom stereocenters. The number of unbranched alkanes of at least 4 members (excludes halogenated alkanes) is 1. The van der Waals surface area contributed by atoms with Crippen molar-refractivity contribution in [3.8, 4) is 0 Å². The summed E-state index contributed by atoms with van der Waals surface area (Å²) in [6.45, 7) is 4.84. The van der Waals surface area contributed by atoms with Crippen molar-refractivity contribution in [2.45, 2.75) is 39.2 Å². The Morgan fingerprint density at radius 1 is 1.07 bits per heavy atom. The number of amides is 3. The zero-order valence-electron chi connectivity index (χ0n) is 17.2. The second kappa shape index (κ2) is 8.65. The molecule has 2 aliphatic rings. The van der Waals surface area contributed by atoms with Crippen LogP contribution in [0.1, 0.15) is 69.2 Å². The van der Waals surface area contributed by atoms with Crippen LogP contribution in [0.3, 0.4) is 0 Å². The van der Waals surface area contributed by atoms with Gasteiger partial charge in [0.15, 0.2) is 0 Å². The van der Waals surface area contributed by atoms with Gasteiger partial charge in [0.2, 0.25) is 0 Å². The maximum absolute atomic E-state index is 12.6. The number of benzene rings is 1. The number of hydrogen-bond acceptors (Lipinski definition) is 5. The lowest BCUT2D eigenvalue weighted by Crippen LogP contribution is -2.30. The molecule has 0 bridgehead atoms. The van der Waals surface area contributed by atoms with Gasteiger partial charge >= 0.3 is 0 Å². The summed E-state index contributed by atoms with van der Waals surface area (Å²) >= 11 is 0. The molecule has 2 aromatic rings. The van der Waals surface area contributed by atoms with Gasteiger partial charge in [0, 0.05) is 37.9 Å². The van der Waals surface area contributed by atoms with Crippen LogP contribution < -0.4 is 10.2 Å². The van der Waals surface area contributed by atoms with Crippen molar-refractivity contribution in [1.82, 2.24) is 15.2 Å². The molecule has 1 fully saturated rings. The van der Waals surface area contributed by atoms with E-state index >= 15 is 0 Å². The lowest BCUT2D eigenvalue weighted by atomic mass is 10.1. The summed E-state index contributed by atoms with van der Waals surface area (Å²) in [6.07, 6.45) is 5.85. The molecule has 2 aliphatic heterocycles. The highest BCUT2D eigenvalue weighted by molar-refractivity contribution is 6.22. The predicted molar refractivity (Wildman–Crippen MR) is 114 cm³/mol. The zero-order chi connectivity index (χ0) is 21.1. The minimum absolute atomic E-state index is 0.278. The van der Waals surface area contributed by atoms with Gasteiger partial charge in [-0.25, -0.2) is 4.98 Å². The van der Waals surface area contributed by atoms with Gasteiger partial charge in [0.05, 0.1) is 11.1 Å². The van der Waals surface area contributed by atoms with E-state index in [2.05, 4.69) is 15.2 Å². The number of pyridine rings is 1. The molecule has 7 heteroatoms. The number of hydrogen-bond donors (Lipinski definition) is 1. The molecule has 1 aromatic carbocycles. The molecular formula is C23H26N4O3. The molecular weight excluding hydrogens is 380 g/mol. The first-order chi connectivity index (χ1) is 14.6. The Hall–Kier alpha value is -3.22. The first-order valence-electron chi connectivity index (χ1n) is 10.6. The molecule has 4 rings (SSSR count). The van der Waals surface area contributed by atoms with Crippen LogP contribution in [0.2, 0.25) is 0 Å². The molecule has 0 atom stereocenters. The van der Waals surface area contributed by atoms with E-state index < -0.39 is 0 Å². The second-order valence-corrected chi connectivity index (χ2v) is 7.78. The smallest absolute Gasteiger partial charge is 0.261 e. The third-order valence-corrected chi connectivity index (χ3v) is 5.66. The standard InChI is InChI=1S/C23H26N4O3/c1-2-3-12-27-22(29)18-8-7-17(13-19(18)23(27)30)21(28)25-15-16-6-9-20(24-14-16)26-10-4-5-11-26/h6-9,13-14H,2-5,10-12,15H2,1H3,(H,25,28). The van der Waals surface area contributed by atoms with E-state index in [1.165, 1.54) is 23.8 Å². The first kappa shape index (κ1) is 20.1. The summed E-state index contributed by atoms with van der Waals surface area (Å²) in [4.78, 5) is 45.6. The third kappa shape index (κ3) is 3.92. The third-order valence-electron chi connectivity index (χ3n) is 5.66. The quantitative estimate of drug-likeness (QED) is 0.715. The van der Waals surface area contributed by atoms with Gasteiger partial charge in [0.1, 0.15) is 5.82 Å². The second-order valence-electron chi connectivity index (χ2n) is 7.78. The van der Waals surface area contributed by atoms with Crippen molar-refractivity contribution < 1.29 is 14.4 Å². The molecule has 156 valence electrons. The Balaban J connectivity index is 1.39. The number of carbonyl (C=O) groups excluding carboxylic acids is 3. The molecule has 1 N–H and O–H groups in total. The highest BCUT2D eigenvalue weighted by Gasteiger charge is 2.35. The minimum atomic E-state index is -0.320. The van der Waals surface area contributed by atoms with Crippen LogP contribution >= 0.6 is 0 Å². The number of aromatic nitrogens is 1. The topological polar surface area (TPSA) is 82.6 Å². The summed E-state index contributed by atoms with van der Waals surface area (Å²) < 4.78 is 0. The van der Waals surface area contributed by atoms with Gasteiger partial charge in [-0.05, 0) is 49.1 Å². The lowest BCUT2D eigenvalue weighted by molar-refractivity contribution is 0.0652. The molecule has 0 aliphatic carbocycles. The average Bonchev–Trinajstić information content (AvgIpc) is 3.39. The Kier molecular flexibility index (Phi) is 5.79. The van der Waals surface area contributed by atoms with E-state index in [0.29, 0.717) is 29.8 Å². The highest BCUT2D eigenvalue weighted by atomic mass is 16.2. The van der Waals surface area contributed by atoms with E-state index in [4.69, 9.17) is 0 Å². The van der Waals surface area contributed by atoms with Gasteiger partial charge < -0.3 is 10.2 Å². The highest BCUT2D eigenvalue weighted by Crippen LogP contribution is 2.24. The number of nitrogens with one attached hydrogen (secondary N) is 1. The van der Waals surface area contributed by atoms with Crippen molar-refractivity contribution in [3.05, 3.63) is 58.8 Å². The van der Waals surface area contributed by atoms with Crippen LogP contribution in [0.4, 0.5) is 5.82 Å². The fourth-order valence-corrected chi connectivity index (χ4v) is 3.89. The van der Waals surface area contributed by atoms with Crippen molar-refractivity contribution in [3.63, 3.8) is 0 Å². The number of fused-ring (bicyclic) bond motifs is 1. The lowest BCUT2D eigenvalue weighted by Gasteiger charge is -2.16. The van der Waals surface area contributed by atoms with Crippen molar-refractivity contribution >= 4 is 23.5 Å². The molecule has 0 saturated carbocycles. The first-order valence-corrected chi connectivity index (χ1v) is 10.6. The number of rotatable bonds is 7. The maximum atomic E-state index is 12.6. The SMILES string of the molecule is CCCCN1C(=O)c2ccc(C(=O)NCc3ccc(N4CCCC4)nc3)cc2C1=O. The monoisotopic (exact) mass is 406 g/mol. The van der Waals surface area contributed by atoms with Crippen LogP contribution in [0.15, 0.2) is 36.5 Å². The van der Waals surface area contributed by atoms with Crippen molar-refractivity contribution in [1.29, 1.82) is 0 Å². The Labute approximate surface area is 176 Å². The molecule has 7 nitrogen and oxygen atoms in total. The van der Waals surface area contributed by atoms with Crippen LogP contribution in [0.5, 0.6) is 0 Å². The van der Waals surface area contributed by atoms with Crippen LogP contribution in [-0.2, 0) is 6.54 Å².